The van der Waals surface area contributed by atoms with Crippen molar-refractivity contribution >= 4 is 0 Å². The molecule has 0 aliphatic carbocycles. The summed E-state index contributed by atoms with van der Waals surface area (Å²) in [5.41, 5.74) is 0.0232. The van der Waals surface area contributed by atoms with E-state index in [1.54, 1.807) is 6.07 Å². The van der Waals surface area contributed by atoms with E-state index in [2.05, 4.69) is 0 Å². The van der Waals surface area contributed by atoms with Crippen LogP contribution in [0.3, 0.4) is 0 Å². The first-order valence-electron chi connectivity index (χ1n) is 6.28. The van der Waals surface area contributed by atoms with E-state index in [9.17, 15) is 23.4 Å². The van der Waals surface area contributed by atoms with Gasteiger partial charge in [0.05, 0.1) is 5.56 Å². The van der Waals surface area contributed by atoms with Gasteiger partial charge < -0.3 is 19.7 Å². The quantitative estimate of drug-likeness (QED) is 0.825. The van der Waals surface area contributed by atoms with Gasteiger partial charge in [0.2, 0.25) is 6.29 Å². The van der Waals surface area contributed by atoms with E-state index >= 15 is 0 Å². The molecule has 0 fully saturated rings. The maximum atomic E-state index is 12.4. The van der Waals surface area contributed by atoms with Crippen LogP contribution in [0.15, 0.2) is 48.5 Å². The Labute approximate surface area is 124 Å². The second-order valence-corrected chi connectivity index (χ2v) is 4.40. The lowest BCUT2D eigenvalue weighted by molar-refractivity contribution is -0.213. The summed E-state index contributed by atoms with van der Waals surface area (Å²) in [6.07, 6.45) is -6.07. The van der Waals surface area contributed by atoms with E-state index in [1.807, 2.05) is 0 Å². The van der Waals surface area contributed by atoms with Crippen LogP contribution in [0.1, 0.15) is 11.9 Å². The van der Waals surface area contributed by atoms with Gasteiger partial charge in [-0.1, -0.05) is 24.3 Å². The Bertz CT molecular complexity index is 628. The van der Waals surface area contributed by atoms with Gasteiger partial charge in [-0.25, -0.2) is 0 Å². The highest BCUT2D eigenvalue weighted by Crippen LogP contribution is 2.34. The molecule has 0 radical (unpaired) electrons. The predicted octanol–water partition coefficient (Wildman–Crippen LogP) is 3.75. The summed E-state index contributed by atoms with van der Waals surface area (Å²) in [5, 5.41) is 19.4. The van der Waals surface area contributed by atoms with Crippen molar-refractivity contribution in [3.8, 4) is 17.2 Å². The van der Waals surface area contributed by atoms with Crippen molar-refractivity contribution in [2.24, 2.45) is 0 Å². The van der Waals surface area contributed by atoms with Crippen LogP contribution in [-0.4, -0.2) is 23.0 Å². The molecule has 2 rings (SSSR count). The van der Waals surface area contributed by atoms with Crippen molar-refractivity contribution in [2.45, 2.75) is 12.5 Å². The molecule has 0 saturated carbocycles. The maximum Gasteiger partial charge on any atom is 0.411 e. The van der Waals surface area contributed by atoms with Gasteiger partial charge in [0.15, 0.2) is 11.5 Å². The first-order valence-corrected chi connectivity index (χ1v) is 6.28. The summed E-state index contributed by atoms with van der Waals surface area (Å²) in [6, 6.07) is 11.5. The van der Waals surface area contributed by atoms with Gasteiger partial charge in [-0.15, -0.1) is 0 Å². The average molecular weight is 314 g/mol. The van der Waals surface area contributed by atoms with Crippen LogP contribution in [0.4, 0.5) is 13.2 Å². The number of alkyl halides is 3. The normalized spacial score (nSPS) is 12.9. The van der Waals surface area contributed by atoms with Gasteiger partial charge >= 0.3 is 6.18 Å². The summed E-state index contributed by atoms with van der Waals surface area (Å²) >= 11 is 0. The van der Waals surface area contributed by atoms with Gasteiger partial charge in [-0.3, -0.25) is 0 Å². The van der Waals surface area contributed by atoms with Crippen LogP contribution in [-0.2, 0) is 4.74 Å². The molecule has 22 heavy (non-hydrogen) atoms. The molecule has 0 spiro atoms. The van der Waals surface area contributed by atoms with Crippen molar-refractivity contribution in [1.29, 1.82) is 0 Å². The topological polar surface area (TPSA) is 58.9 Å². The minimum atomic E-state index is -4.55. The maximum absolute atomic E-state index is 12.4. The van der Waals surface area contributed by atoms with E-state index in [0.717, 1.165) is 0 Å². The summed E-state index contributed by atoms with van der Waals surface area (Å²) < 4.78 is 47.1. The second-order valence-electron chi connectivity index (χ2n) is 4.40. The van der Waals surface area contributed by atoms with Crippen LogP contribution in [0, 0.1) is 0 Å². The molecule has 118 valence electrons. The third-order valence-electron chi connectivity index (χ3n) is 2.69. The van der Waals surface area contributed by atoms with Crippen LogP contribution in [0.5, 0.6) is 17.2 Å². The highest BCUT2D eigenvalue weighted by Gasteiger charge is 2.31. The Morgan fingerprint density at radius 2 is 1.50 bits per heavy atom. The molecule has 2 aromatic carbocycles. The molecule has 0 aliphatic heterocycles. The van der Waals surface area contributed by atoms with Gasteiger partial charge in [0.1, 0.15) is 12.4 Å². The predicted molar refractivity (Wildman–Crippen MR) is 71.6 cm³/mol. The number of phenolic OH excluding ortho intramolecular Hbond substituents is 2. The van der Waals surface area contributed by atoms with Crippen molar-refractivity contribution in [3.63, 3.8) is 0 Å². The summed E-state index contributed by atoms with van der Waals surface area (Å²) in [5.74, 6) is -0.582. The Morgan fingerprint density at radius 1 is 0.909 bits per heavy atom. The lowest BCUT2D eigenvalue weighted by atomic mass is 10.2. The number of halogens is 3. The van der Waals surface area contributed by atoms with E-state index in [-0.39, 0.29) is 22.8 Å². The molecule has 0 saturated heterocycles. The van der Waals surface area contributed by atoms with Crippen LogP contribution >= 0.6 is 0 Å². The third-order valence-corrected chi connectivity index (χ3v) is 2.69. The van der Waals surface area contributed by atoms with Crippen LogP contribution < -0.4 is 4.74 Å². The largest absolute Gasteiger partial charge is 0.507 e. The molecule has 0 heterocycles. The first-order chi connectivity index (χ1) is 10.4. The van der Waals surface area contributed by atoms with Crippen molar-refractivity contribution in [1.82, 2.24) is 0 Å². The third kappa shape index (κ3) is 4.29. The number of ether oxygens (including phenoxy) is 2. The van der Waals surface area contributed by atoms with Crippen molar-refractivity contribution in [2.75, 3.05) is 6.61 Å². The smallest absolute Gasteiger partial charge is 0.411 e. The lowest BCUT2D eigenvalue weighted by Gasteiger charge is -2.21. The Hall–Kier alpha value is -2.41. The number of hydrogen-bond donors (Lipinski definition) is 2. The van der Waals surface area contributed by atoms with Crippen molar-refractivity contribution in [3.05, 3.63) is 54.1 Å². The number of hydrogen-bond acceptors (Lipinski definition) is 4. The number of para-hydroxylation sites is 3. The zero-order valence-electron chi connectivity index (χ0n) is 11.2. The SMILES string of the molecule is Oc1ccccc1OC(OCC(F)(F)F)c1ccccc1O. The standard InChI is InChI=1S/C15H13F3O4/c16-15(17,18)9-21-14(10-5-1-2-6-11(10)19)22-13-8-4-3-7-12(13)20/h1-8,14,19-20H,9H2. The number of aromatic hydroxyl groups is 2. The molecule has 2 aromatic rings. The number of benzene rings is 2. The van der Waals surface area contributed by atoms with E-state index < -0.39 is 19.1 Å². The Balaban J connectivity index is 2.26. The highest BCUT2D eigenvalue weighted by molar-refractivity contribution is 5.39. The molecule has 4 nitrogen and oxygen atoms in total. The number of phenols is 2. The Morgan fingerprint density at radius 3 is 2.09 bits per heavy atom. The zero-order chi connectivity index (χ0) is 16.2. The van der Waals surface area contributed by atoms with E-state index in [0.29, 0.717) is 0 Å². The van der Waals surface area contributed by atoms with Crippen LogP contribution in [0.2, 0.25) is 0 Å². The molecule has 0 aromatic heterocycles. The summed E-state index contributed by atoms with van der Waals surface area (Å²) in [6.45, 7) is -1.56. The average Bonchev–Trinajstić information content (AvgIpc) is 2.45. The summed E-state index contributed by atoms with van der Waals surface area (Å²) in [7, 11) is 0. The van der Waals surface area contributed by atoms with E-state index in [4.69, 9.17) is 9.47 Å². The van der Waals surface area contributed by atoms with E-state index in [1.165, 1.54) is 42.5 Å². The second kappa shape index (κ2) is 6.57. The fourth-order valence-corrected chi connectivity index (χ4v) is 1.72. The molecule has 0 bridgehead atoms. The fraction of sp³-hybridized carbons (Fsp3) is 0.200. The van der Waals surface area contributed by atoms with Gasteiger partial charge in [-0.2, -0.15) is 13.2 Å². The lowest BCUT2D eigenvalue weighted by Crippen LogP contribution is -2.22. The van der Waals surface area contributed by atoms with Crippen LogP contribution in [0.25, 0.3) is 0 Å². The molecule has 1 atom stereocenters. The fourth-order valence-electron chi connectivity index (χ4n) is 1.72. The molecule has 1 unspecified atom stereocenters. The van der Waals surface area contributed by atoms with Gasteiger partial charge in [0.25, 0.3) is 0 Å². The van der Waals surface area contributed by atoms with Gasteiger partial charge in [0, 0.05) is 0 Å². The minimum Gasteiger partial charge on any atom is -0.507 e. The molecule has 0 amide bonds. The molecular formula is C15H13F3O4. The Kier molecular flexibility index (Phi) is 4.77. The highest BCUT2D eigenvalue weighted by atomic mass is 19.4. The van der Waals surface area contributed by atoms with Gasteiger partial charge in [-0.05, 0) is 24.3 Å². The first kappa shape index (κ1) is 16.0. The summed E-state index contributed by atoms with van der Waals surface area (Å²) in [4.78, 5) is 0. The monoisotopic (exact) mass is 314 g/mol. The minimum absolute atomic E-state index is 0.0232. The van der Waals surface area contributed by atoms with Crippen molar-refractivity contribution < 1.29 is 32.9 Å². The molecule has 7 heteroatoms. The zero-order valence-corrected chi connectivity index (χ0v) is 11.2. The molecule has 0 aliphatic rings. The molecule has 2 N–H and O–H groups in total. The number of rotatable bonds is 5. The molecular weight excluding hydrogens is 301 g/mol.